The standard InChI is InChI=1S/C31H38ClN3O4S/c1-6-28(31(37)33-19-22(2)3)34(20-25-15-11-23(4)12-16-25)30(36)21-35(29-10-8-7-9-27(29)32)40(38,39)26-17-13-24(5)14-18-26/h7-18,22,28H,6,19-21H2,1-5H3,(H,33,37)/t28-/m1/s1. The van der Waals surface area contributed by atoms with Gasteiger partial charge < -0.3 is 10.2 Å². The van der Waals surface area contributed by atoms with Crippen LogP contribution in [0.5, 0.6) is 0 Å². The Morgan fingerprint density at radius 3 is 2.02 bits per heavy atom. The lowest BCUT2D eigenvalue weighted by atomic mass is 10.1. The molecule has 0 spiro atoms. The van der Waals surface area contributed by atoms with Crippen LogP contribution in [0.15, 0.2) is 77.7 Å². The molecule has 0 radical (unpaired) electrons. The molecule has 0 aliphatic carbocycles. The zero-order chi connectivity index (χ0) is 29.4. The molecule has 0 fully saturated rings. The first-order valence-electron chi connectivity index (χ1n) is 13.4. The van der Waals surface area contributed by atoms with Gasteiger partial charge in [0.05, 0.1) is 15.6 Å². The number of halogens is 1. The van der Waals surface area contributed by atoms with Crippen LogP contribution >= 0.6 is 11.6 Å². The van der Waals surface area contributed by atoms with Crippen molar-refractivity contribution in [1.29, 1.82) is 0 Å². The molecule has 40 heavy (non-hydrogen) atoms. The van der Waals surface area contributed by atoms with Crippen molar-refractivity contribution < 1.29 is 18.0 Å². The zero-order valence-corrected chi connectivity index (χ0v) is 25.3. The summed E-state index contributed by atoms with van der Waals surface area (Å²) in [5, 5.41) is 3.13. The number of hydrogen-bond acceptors (Lipinski definition) is 4. The molecule has 0 aromatic heterocycles. The maximum Gasteiger partial charge on any atom is 0.264 e. The summed E-state index contributed by atoms with van der Waals surface area (Å²) < 4.78 is 28.9. The maximum absolute atomic E-state index is 14.1. The van der Waals surface area contributed by atoms with Gasteiger partial charge in [-0.25, -0.2) is 8.42 Å². The molecule has 0 saturated carbocycles. The number of nitrogens with zero attached hydrogens (tertiary/aromatic N) is 2. The largest absolute Gasteiger partial charge is 0.354 e. The molecule has 9 heteroatoms. The lowest BCUT2D eigenvalue weighted by Gasteiger charge is -2.33. The predicted molar refractivity (Wildman–Crippen MR) is 161 cm³/mol. The van der Waals surface area contributed by atoms with Gasteiger partial charge in [-0.1, -0.05) is 92.0 Å². The number of carbonyl (C=O) groups excluding carboxylic acids is 2. The van der Waals surface area contributed by atoms with E-state index in [0.29, 0.717) is 13.0 Å². The van der Waals surface area contributed by atoms with Crippen molar-refractivity contribution >= 4 is 39.1 Å². The minimum absolute atomic E-state index is 0.0395. The minimum Gasteiger partial charge on any atom is -0.354 e. The summed E-state index contributed by atoms with van der Waals surface area (Å²) in [4.78, 5) is 28.9. The van der Waals surface area contributed by atoms with Gasteiger partial charge in [0.2, 0.25) is 11.8 Å². The first-order chi connectivity index (χ1) is 18.9. The van der Waals surface area contributed by atoms with Crippen molar-refractivity contribution in [2.75, 3.05) is 17.4 Å². The summed E-state index contributed by atoms with van der Waals surface area (Å²) in [6.07, 6.45) is 0.359. The number of benzene rings is 3. The Kier molecular flexibility index (Phi) is 10.8. The molecule has 3 rings (SSSR count). The van der Waals surface area contributed by atoms with E-state index >= 15 is 0 Å². The van der Waals surface area contributed by atoms with Crippen LogP contribution < -0.4 is 9.62 Å². The Bertz CT molecular complexity index is 1410. The molecule has 7 nitrogen and oxygen atoms in total. The van der Waals surface area contributed by atoms with E-state index in [1.807, 2.05) is 58.9 Å². The summed E-state index contributed by atoms with van der Waals surface area (Å²) in [6, 6.07) is 19.8. The number of nitrogens with one attached hydrogen (secondary N) is 1. The molecule has 3 aromatic rings. The number of sulfonamides is 1. The summed E-state index contributed by atoms with van der Waals surface area (Å²) in [6.45, 7) is 9.75. The van der Waals surface area contributed by atoms with Crippen molar-refractivity contribution in [2.45, 2.75) is 58.5 Å². The second-order valence-corrected chi connectivity index (χ2v) is 12.6. The monoisotopic (exact) mass is 583 g/mol. The molecular formula is C31H38ClN3O4S. The fourth-order valence-electron chi connectivity index (χ4n) is 4.24. The van der Waals surface area contributed by atoms with Crippen LogP contribution in [0.4, 0.5) is 5.69 Å². The highest BCUT2D eigenvalue weighted by molar-refractivity contribution is 7.92. The first-order valence-corrected chi connectivity index (χ1v) is 15.2. The van der Waals surface area contributed by atoms with Gasteiger partial charge >= 0.3 is 0 Å². The van der Waals surface area contributed by atoms with E-state index < -0.39 is 28.5 Å². The van der Waals surface area contributed by atoms with Gasteiger partial charge in [0.15, 0.2) is 0 Å². The third-order valence-electron chi connectivity index (χ3n) is 6.55. The van der Waals surface area contributed by atoms with Gasteiger partial charge in [0.1, 0.15) is 12.6 Å². The topological polar surface area (TPSA) is 86.8 Å². The lowest BCUT2D eigenvalue weighted by molar-refractivity contribution is -0.140. The van der Waals surface area contributed by atoms with Crippen LogP contribution in [0.1, 0.15) is 43.9 Å². The Morgan fingerprint density at radius 1 is 0.900 bits per heavy atom. The number of para-hydroxylation sites is 1. The van der Waals surface area contributed by atoms with E-state index in [-0.39, 0.29) is 34.0 Å². The Morgan fingerprint density at radius 2 is 1.48 bits per heavy atom. The van der Waals surface area contributed by atoms with Crippen LogP contribution in [0.2, 0.25) is 5.02 Å². The second-order valence-electron chi connectivity index (χ2n) is 10.3. The summed E-state index contributed by atoms with van der Waals surface area (Å²) >= 11 is 6.46. The van der Waals surface area contributed by atoms with E-state index in [1.165, 1.54) is 17.0 Å². The zero-order valence-electron chi connectivity index (χ0n) is 23.7. The highest BCUT2D eigenvalue weighted by Gasteiger charge is 2.34. The molecule has 3 aromatic carbocycles. The average molecular weight is 584 g/mol. The predicted octanol–water partition coefficient (Wildman–Crippen LogP) is 5.73. The van der Waals surface area contributed by atoms with Gasteiger partial charge in [0, 0.05) is 13.1 Å². The molecule has 0 aliphatic rings. The molecule has 0 aliphatic heterocycles. The third-order valence-corrected chi connectivity index (χ3v) is 8.65. The number of anilines is 1. The Labute approximate surface area is 243 Å². The fourth-order valence-corrected chi connectivity index (χ4v) is 5.96. The number of aryl methyl sites for hydroxylation is 2. The van der Waals surface area contributed by atoms with Crippen molar-refractivity contribution in [3.05, 3.63) is 94.5 Å². The Hall–Kier alpha value is -3.36. The molecule has 1 N–H and O–H groups in total. The van der Waals surface area contributed by atoms with Crippen LogP contribution in [-0.4, -0.2) is 44.3 Å². The number of carbonyl (C=O) groups is 2. The SMILES string of the molecule is CC[C@H](C(=O)NCC(C)C)N(Cc1ccc(C)cc1)C(=O)CN(c1ccccc1Cl)S(=O)(=O)c1ccc(C)cc1. The summed E-state index contributed by atoms with van der Waals surface area (Å²) in [5.74, 6) is -0.553. The minimum atomic E-state index is -4.17. The van der Waals surface area contributed by atoms with Crippen LogP contribution in [0.25, 0.3) is 0 Å². The van der Waals surface area contributed by atoms with E-state index in [4.69, 9.17) is 11.6 Å². The van der Waals surface area contributed by atoms with Gasteiger partial charge in [-0.15, -0.1) is 0 Å². The fraction of sp³-hybridized carbons (Fsp3) is 0.355. The van der Waals surface area contributed by atoms with Gasteiger partial charge in [-0.05, 0) is 56.0 Å². The first kappa shape index (κ1) is 31.2. The van der Waals surface area contributed by atoms with E-state index in [1.54, 1.807) is 36.4 Å². The van der Waals surface area contributed by atoms with E-state index in [9.17, 15) is 18.0 Å². The van der Waals surface area contributed by atoms with Crippen LogP contribution in [0.3, 0.4) is 0 Å². The van der Waals surface area contributed by atoms with Crippen LogP contribution in [0, 0.1) is 19.8 Å². The highest BCUT2D eigenvalue weighted by atomic mass is 35.5. The summed E-state index contributed by atoms with van der Waals surface area (Å²) in [7, 11) is -4.17. The Balaban J connectivity index is 2.05. The third kappa shape index (κ3) is 7.86. The second kappa shape index (κ2) is 13.8. The molecule has 2 amide bonds. The lowest BCUT2D eigenvalue weighted by Crippen LogP contribution is -2.52. The molecule has 0 unspecified atom stereocenters. The normalized spacial score (nSPS) is 12.2. The maximum atomic E-state index is 14.1. The van der Waals surface area contributed by atoms with Crippen molar-refractivity contribution in [2.24, 2.45) is 5.92 Å². The summed E-state index contributed by atoms with van der Waals surface area (Å²) in [5.41, 5.74) is 2.99. The molecule has 0 bridgehead atoms. The van der Waals surface area contributed by atoms with Crippen molar-refractivity contribution in [3.63, 3.8) is 0 Å². The number of amides is 2. The average Bonchev–Trinajstić information content (AvgIpc) is 2.92. The number of rotatable bonds is 12. The van der Waals surface area contributed by atoms with Crippen LogP contribution in [-0.2, 0) is 26.2 Å². The molecular weight excluding hydrogens is 546 g/mol. The van der Waals surface area contributed by atoms with Gasteiger partial charge in [0.25, 0.3) is 10.0 Å². The van der Waals surface area contributed by atoms with Gasteiger partial charge in [-0.2, -0.15) is 0 Å². The van der Waals surface area contributed by atoms with Crippen molar-refractivity contribution in [3.8, 4) is 0 Å². The molecule has 214 valence electrons. The van der Waals surface area contributed by atoms with E-state index in [2.05, 4.69) is 5.32 Å². The smallest absolute Gasteiger partial charge is 0.264 e. The quantitative estimate of drug-likeness (QED) is 0.295. The highest BCUT2D eigenvalue weighted by Crippen LogP contribution is 2.31. The molecule has 0 saturated heterocycles. The van der Waals surface area contributed by atoms with E-state index in [0.717, 1.165) is 21.0 Å². The molecule has 0 heterocycles. The number of hydrogen-bond donors (Lipinski definition) is 1. The van der Waals surface area contributed by atoms with Gasteiger partial charge in [-0.3, -0.25) is 13.9 Å². The van der Waals surface area contributed by atoms with Crippen molar-refractivity contribution in [1.82, 2.24) is 10.2 Å². The molecule has 1 atom stereocenters.